The molecular weight excluding hydrogens is 226 g/mol. The fraction of sp³-hybridized carbons (Fsp3) is 0.533. The lowest BCUT2D eigenvalue weighted by Crippen LogP contribution is -2.35. The van der Waals surface area contributed by atoms with Gasteiger partial charge in [0.1, 0.15) is 6.04 Å². The zero-order valence-corrected chi connectivity index (χ0v) is 11.7. The monoisotopic (exact) mass is 249 g/mol. The summed E-state index contributed by atoms with van der Waals surface area (Å²) in [5.41, 5.74) is 2.23. The first kappa shape index (κ1) is 14.7. The number of carbonyl (C=O) groups excluding carboxylic acids is 1. The van der Waals surface area contributed by atoms with Gasteiger partial charge in [-0.1, -0.05) is 38.1 Å². The highest BCUT2D eigenvalue weighted by atomic mass is 16.5. The summed E-state index contributed by atoms with van der Waals surface area (Å²) >= 11 is 0. The Kier molecular flexibility index (Phi) is 5.86. The van der Waals surface area contributed by atoms with Crippen molar-refractivity contribution in [2.75, 3.05) is 7.11 Å². The minimum atomic E-state index is -0.379. The van der Waals surface area contributed by atoms with Crippen LogP contribution in [0.1, 0.15) is 44.4 Å². The molecule has 1 N–H and O–H groups in total. The van der Waals surface area contributed by atoms with Crippen molar-refractivity contribution in [3.8, 4) is 0 Å². The number of rotatable bonds is 6. The van der Waals surface area contributed by atoms with Crippen LogP contribution in [0.3, 0.4) is 0 Å². The van der Waals surface area contributed by atoms with Crippen molar-refractivity contribution in [2.45, 2.75) is 45.7 Å². The van der Waals surface area contributed by atoms with E-state index in [4.69, 9.17) is 4.74 Å². The van der Waals surface area contributed by atoms with Crippen LogP contribution < -0.4 is 5.32 Å². The summed E-state index contributed by atoms with van der Waals surface area (Å²) in [6, 6.07) is 8.01. The van der Waals surface area contributed by atoms with Crippen LogP contribution in [0, 0.1) is 0 Å². The Labute approximate surface area is 110 Å². The van der Waals surface area contributed by atoms with E-state index in [2.05, 4.69) is 38.2 Å². The summed E-state index contributed by atoms with van der Waals surface area (Å²) in [6.45, 7) is 6.27. The number of carbonyl (C=O) groups is 1. The van der Waals surface area contributed by atoms with Crippen molar-refractivity contribution in [3.05, 3.63) is 35.4 Å². The normalized spacial score (nSPS) is 14.0. The number of nitrogens with one attached hydrogen (secondary N) is 1. The third kappa shape index (κ3) is 3.84. The van der Waals surface area contributed by atoms with Gasteiger partial charge in [0.15, 0.2) is 0 Å². The third-order valence-corrected chi connectivity index (χ3v) is 3.22. The van der Waals surface area contributed by atoms with Crippen LogP contribution in [-0.2, 0) is 16.0 Å². The molecule has 0 aromatic heterocycles. The Morgan fingerprint density at radius 3 is 2.33 bits per heavy atom. The highest BCUT2D eigenvalue weighted by Gasteiger charge is 2.22. The predicted octanol–water partition coefficient (Wildman–Crippen LogP) is 2.85. The van der Waals surface area contributed by atoms with Crippen LogP contribution in [-0.4, -0.2) is 19.1 Å². The van der Waals surface area contributed by atoms with Gasteiger partial charge < -0.3 is 4.74 Å². The van der Waals surface area contributed by atoms with Crippen molar-refractivity contribution in [1.29, 1.82) is 0 Å². The summed E-state index contributed by atoms with van der Waals surface area (Å²) in [7, 11) is 1.42. The van der Waals surface area contributed by atoms with Crippen LogP contribution >= 0.6 is 0 Å². The second-order valence-corrected chi connectivity index (χ2v) is 4.53. The fourth-order valence-corrected chi connectivity index (χ4v) is 1.77. The lowest BCUT2D eigenvalue weighted by atomic mass is 10.0. The van der Waals surface area contributed by atoms with E-state index in [9.17, 15) is 4.79 Å². The number of hydrogen-bond donors (Lipinski definition) is 1. The summed E-state index contributed by atoms with van der Waals surface area (Å²) < 4.78 is 4.87. The standard InChI is InChI=1S/C15H23NO2/c1-5-11(3)16-14(15(17)18-4)13-9-7-12(6-2)8-10-13/h7-11,14,16H,5-6H2,1-4H3. The zero-order chi connectivity index (χ0) is 13.5. The van der Waals surface area contributed by atoms with Crippen LogP contribution in [0.2, 0.25) is 0 Å². The van der Waals surface area contributed by atoms with Gasteiger partial charge >= 0.3 is 5.97 Å². The van der Waals surface area contributed by atoms with Crippen molar-refractivity contribution in [2.24, 2.45) is 0 Å². The van der Waals surface area contributed by atoms with Gasteiger partial charge in [0, 0.05) is 6.04 Å². The van der Waals surface area contributed by atoms with Gasteiger partial charge in [-0.2, -0.15) is 0 Å². The fourth-order valence-electron chi connectivity index (χ4n) is 1.77. The average Bonchev–Trinajstić information content (AvgIpc) is 2.43. The first-order valence-electron chi connectivity index (χ1n) is 6.55. The molecule has 18 heavy (non-hydrogen) atoms. The van der Waals surface area contributed by atoms with E-state index in [-0.39, 0.29) is 18.1 Å². The van der Waals surface area contributed by atoms with Gasteiger partial charge in [-0.05, 0) is 30.9 Å². The molecule has 2 unspecified atom stereocenters. The minimum Gasteiger partial charge on any atom is -0.468 e. The number of hydrogen-bond acceptors (Lipinski definition) is 3. The highest BCUT2D eigenvalue weighted by molar-refractivity contribution is 5.77. The Morgan fingerprint density at radius 1 is 1.28 bits per heavy atom. The molecule has 1 rings (SSSR count). The Balaban J connectivity index is 2.90. The molecule has 1 aromatic rings. The topological polar surface area (TPSA) is 38.3 Å². The number of aryl methyl sites for hydroxylation is 1. The van der Waals surface area contributed by atoms with E-state index >= 15 is 0 Å². The maximum atomic E-state index is 11.8. The summed E-state index contributed by atoms with van der Waals surface area (Å²) in [5.74, 6) is -0.237. The smallest absolute Gasteiger partial charge is 0.327 e. The number of esters is 1. The lowest BCUT2D eigenvalue weighted by molar-refractivity contribution is -0.143. The van der Waals surface area contributed by atoms with Gasteiger partial charge in [0.05, 0.1) is 7.11 Å². The van der Waals surface area contributed by atoms with E-state index in [0.29, 0.717) is 0 Å². The second kappa shape index (κ2) is 7.17. The van der Waals surface area contributed by atoms with E-state index in [0.717, 1.165) is 18.4 Å². The Bertz CT molecular complexity index is 373. The predicted molar refractivity (Wildman–Crippen MR) is 73.5 cm³/mol. The molecule has 0 heterocycles. The van der Waals surface area contributed by atoms with Crippen molar-refractivity contribution in [3.63, 3.8) is 0 Å². The van der Waals surface area contributed by atoms with E-state index < -0.39 is 0 Å². The zero-order valence-electron chi connectivity index (χ0n) is 11.7. The van der Waals surface area contributed by atoms with Gasteiger partial charge in [-0.3, -0.25) is 5.32 Å². The highest BCUT2D eigenvalue weighted by Crippen LogP contribution is 2.17. The van der Waals surface area contributed by atoms with Gasteiger partial charge in [-0.25, -0.2) is 4.79 Å². The SMILES string of the molecule is CCc1ccc(C(NC(C)CC)C(=O)OC)cc1. The molecular formula is C15H23NO2. The van der Waals surface area contributed by atoms with Gasteiger partial charge in [0.2, 0.25) is 0 Å². The number of benzene rings is 1. The largest absolute Gasteiger partial charge is 0.468 e. The van der Waals surface area contributed by atoms with Crippen LogP contribution in [0.4, 0.5) is 0 Å². The van der Waals surface area contributed by atoms with Gasteiger partial charge in [0.25, 0.3) is 0 Å². The molecule has 0 amide bonds. The van der Waals surface area contributed by atoms with Crippen molar-refractivity contribution >= 4 is 5.97 Å². The Morgan fingerprint density at radius 2 is 1.89 bits per heavy atom. The molecule has 2 atom stereocenters. The van der Waals surface area contributed by atoms with E-state index in [1.165, 1.54) is 12.7 Å². The molecule has 0 spiro atoms. The molecule has 3 heteroatoms. The van der Waals surface area contributed by atoms with E-state index in [1.54, 1.807) is 0 Å². The molecule has 1 aromatic carbocycles. The summed E-state index contributed by atoms with van der Waals surface area (Å²) in [6.07, 6.45) is 1.97. The molecule has 0 aliphatic rings. The Hall–Kier alpha value is -1.35. The summed E-state index contributed by atoms with van der Waals surface area (Å²) in [4.78, 5) is 11.8. The van der Waals surface area contributed by atoms with Crippen molar-refractivity contribution in [1.82, 2.24) is 5.32 Å². The van der Waals surface area contributed by atoms with Gasteiger partial charge in [-0.15, -0.1) is 0 Å². The number of ether oxygens (including phenoxy) is 1. The minimum absolute atomic E-state index is 0.237. The molecule has 3 nitrogen and oxygen atoms in total. The molecule has 100 valence electrons. The van der Waals surface area contributed by atoms with Crippen molar-refractivity contribution < 1.29 is 9.53 Å². The van der Waals surface area contributed by atoms with Crippen LogP contribution in [0.15, 0.2) is 24.3 Å². The van der Waals surface area contributed by atoms with Crippen LogP contribution in [0.25, 0.3) is 0 Å². The first-order valence-corrected chi connectivity index (χ1v) is 6.55. The number of methoxy groups -OCH3 is 1. The summed E-state index contributed by atoms with van der Waals surface area (Å²) in [5, 5.41) is 3.30. The third-order valence-electron chi connectivity index (χ3n) is 3.22. The molecule has 0 fully saturated rings. The molecule has 0 radical (unpaired) electrons. The maximum absolute atomic E-state index is 11.8. The molecule has 0 aliphatic heterocycles. The quantitative estimate of drug-likeness (QED) is 0.788. The molecule has 0 aliphatic carbocycles. The maximum Gasteiger partial charge on any atom is 0.327 e. The first-order chi connectivity index (χ1) is 8.62. The molecule has 0 saturated heterocycles. The average molecular weight is 249 g/mol. The molecule has 0 bridgehead atoms. The van der Waals surface area contributed by atoms with E-state index in [1.807, 2.05) is 12.1 Å². The van der Waals surface area contributed by atoms with Crippen LogP contribution in [0.5, 0.6) is 0 Å². The second-order valence-electron chi connectivity index (χ2n) is 4.53. The molecule has 0 saturated carbocycles. The lowest BCUT2D eigenvalue weighted by Gasteiger charge is -2.21.